The molecule has 0 aliphatic carbocycles. The zero-order valence-electron chi connectivity index (χ0n) is 18.2. The van der Waals surface area contributed by atoms with Crippen molar-refractivity contribution in [1.82, 2.24) is 9.80 Å². The number of methoxy groups -OCH3 is 2. The van der Waals surface area contributed by atoms with Crippen LogP contribution < -0.4 is 9.47 Å². The molecule has 1 fully saturated rings. The van der Waals surface area contributed by atoms with E-state index >= 15 is 0 Å². The Bertz CT molecular complexity index is 866. The number of hydrogen-bond donors (Lipinski definition) is 2. The smallest absolute Gasteiger partial charge is 0.414 e. The third-order valence-corrected chi connectivity index (χ3v) is 5.01. The van der Waals surface area contributed by atoms with E-state index in [1.165, 1.54) is 16.7 Å². The lowest BCUT2D eigenvalue weighted by molar-refractivity contribution is -0.159. The van der Waals surface area contributed by atoms with E-state index in [9.17, 15) is 0 Å². The molecule has 0 unspecified atom stereocenters. The molecule has 2 aromatic rings. The maximum absolute atomic E-state index is 9.10. The van der Waals surface area contributed by atoms with Crippen LogP contribution in [0.4, 0.5) is 0 Å². The highest BCUT2D eigenvalue weighted by Crippen LogP contribution is 2.31. The molecule has 1 saturated heterocycles. The topological polar surface area (TPSA) is 99.5 Å². The molecule has 0 atom stereocenters. The Morgan fingerprint density at radius 1 is 0.871 bits per heavy atom. The van der Waals surface area contributed by atoms with Gasteiger partial charge in [-0.1, -0.05) is 42.0 Å². The Morgan fingerprint density at radius 2 is 1.45 bits per heavy atom. The number of nitrogens with zero attached hydrogens (tertiary/aromatic N) is 2. The SMILES string of the molecule is COc1cccc(CN2CCN(Cc3cccc(C)c3)CC2)c1OC.O=C(O)C(=O)O. The quantitative estimate of drug-likeness (QED) is 0.675. The summed E-state index contributed by atoms with van der Waals surface area (Å²) in [5.74, 6) is -1.99. The highest BCUT2D eigenvalue weighted by molar-refractivity contribution is 6.27. The molecule has 2 N–H and O–H groups in total. The predicted octanol–water partition coefficient (Wildman–Crippen LogP) is 2.49. The minimum atomic E-state index is -1.82. The molecule has 0 radical (unpaired) electrons. The number of benzene rings is 2. The number of piperazine rings is 1. The van der Waals surface area contributed by atoms with Crippen LogP contribution in [-0.2, 0) is 22.7 Å². The molecule has 2 aromatic carbocycles. The van der Waals surface area contributed by atoms with Gasteiger partial charge >= 0.3 is 11.9 Å². The number of aryl methyl sites for hydroxylation is 1. The number of rotatable bonds is 6. The largest absolute Gasteiger partial charge is 0.493 e. The van der Waals surface area contributed by atoms with Gasteiger partial charge in [0, 0.05) is 44.8 Å². The Hall–Kier alpha value is -3.10. The first-order chi connectivity index (χ1) is 14.8. The molecule has 168 valence electrons. The van der Waals surface area contributed by atoms with Crippen molar-refractivity contribution in [3.8, 4) is 11.5 Å². The third kappa shape index (κ3) is 7.58. The molecule has 1 aliphatic heterocycles. The average Bonchev–Trinajstić information content (AvgIpc) is 2.75. The monoisotopic (exact) mass is 430 g/mol. The van der Waals surface area contributed by atoms with E-state index in [0.717, 1.165) is 50.8 Å². The summed E-state index contributed by atoms with van der Waals surface area (Å²) in [6, 6.07) is 14.9. The number of carboxylic acids is 2. The average molecular weight is 431 g/mol. The molecule has 0 amide bonds. The van der Waals surface area contributed by atoms with Gasteiger partial charge in [-0.3, -0.25) is 9.80 Å². The zero-order valence-corrected chi connectivity index (χ0v) is 18.2. The van der Waals surface area contributed by atoms with Gasteiger partial charge in [0.15, 0.2) is 11.5 Å². The summed E-state index contributed by atoms with van der Waals surface area (Å²) in [5.41, 5.74) is 3.93. The van der Waals surface area contributed by atoms with Crippen LogP contribution in [0.5, 0.6) is 11.5 Å². The highest BCUT2D eigenvalue weighted by Gasteiger charge is 2.19. The molecule has 0 saturated carbocycles. The third-order valence-electron chi connectivity index (χ3n) is 5.01. The van der Waals surface area contributed by atoms with Gasteiger partial charge in [-0.15, -0.1) is 0 Å². The van der Waals surface area contributed by atoms with Crippen LogP contribution in [0.3, 0.4) is 0 Å². The number of carboxylic acid groups (broad SMARTS) is 2. The van der Waals surface area contributed by atoms with Crippen LogP contribution in [-0.4, -0.2) is 72.4 Å². The van der Waals surface area contributed by atoms with Gasteiger partial charge in [0.1, 0.15) is 0 Å². The van der Waals surface area contributed by atoms with E-state index in [1.807, 2.05) is 12.1 Å². The van der Waals surface area contributed by atoms with Crippen molar-refractivity contribution in [2.45, 2.75) is 20.0 Å². The summed E-state index contributed by atoms with van der Waals surface area (Å²) in [5, 5.41) is 14.8. The molecule has 1 heterocycles. The molecule has 3 rings (SSSR count). The number of para-hydroxylation sites is 1. The zero-order chi connectivity index (χ0) is 22.8. The fraction of sp³-hybridized carbons (Fsp3) is 0.391. The molecule has 0 bridgehead atoms. The molecule has 0 aromatic heterocycles. The van der Waals surface area contributed by atoms with Gasteiger partial charge in [-0.25, -0.2) is 9.59 Å². The van der Waals surface area contributed by atoms with E-state index in [-0.39, 0.29) is 0 Å². The van der Waals surface area contributed by atoms with E-state index < -0.39 is 11.9 Å². The van der Waals surface area contributed by atoms with Gasteiger partial charge in [-0.2, -0.15) is 0 Å². The van der Waals surface area contributed by atoms with Crippen molar-refractivity contribution in [2.75, 3.05) is 40.4 Å². The van der Waals surface area contributed by atoms with E-state index in [2.05, 4.69) is 47.1 Å². The van der Waals surface area contributed by atoms with Gasteiger partial charge in [0.25, 0.3) is 0 Å². The van der Waals surface area contributed by atoms with Crippen molar-refractivity contribution >= 4 is 11.9 Å². The van der Waals surface area contributed by atoms with E-state index in [0.29, 0.717) is 0 Å². The summed E-state index contributed by atoms with van der Waals surface area (Å²) in [6.45, 7) is 8.44. The van der Waals surface area contributed by atoms with Gasteiger partial charge < -0.3 is 19.7 Å². The minimum Gasteiger partial charge on any atom is -0.493 e. The predicted molar refractivity (Wildman–Crippen MR) is 117 cm³/mol. The maximum atomic E-state index is 9.10. The Kier molecular flexibility index (Phi) is 9.30. The second kappa shape index (κ2) is 11.9. The highest BCUT2D eigenvalue weighted by atomic mass is 16.5. The second-order valence-electron chi connectivity index (χ2n) is 7.30. The first-order valence-electron chi connectivity index (χ1n) is 10.0. The molecule has 8 nitrogen and oxygen atoms in total. The molecular formula is C23H30N2O6. The summed E-state index contributed by atoms with van der Waals surface area (Å²) < 4.78 is 11.0. The van der Waals surface area contributed by atoms with Crippen molar-refractivity contribution in [3.63, 3.8) is 0 Å². The minimum absolute atomic E-state index is 0.804. The first-order valence-corrected chi connectivity index (χ1v) is 10.0. The number of aliphatic carboxylic acids is 2. The number of ether oxygens (including phenoxy) is 2. The summed E-state index contributed by atoms with van der Waals surface area (Å²) in [6.07, 6.45) is 0. The standard InChI is InChI=1S/C21H28N2O2.C2H2O4/c1-17-6-4-7-18(14-17)15-22-10-12-23(13-11-22)16-19-8-5-9-20(24-2)21(19)25-3;3-1(4)2(5)6/h4-9,14H,10-13,15-16H2,1-3H3;(H,3,4)(H,5,6). The van der Waals surface area contributed by atoms with Crippen molar-refractivity contribution in [1.29, 1.82) is 0 Å². The van der Waals surface area contributed by atoms with Gasteiger partial charge in [0.2, 0.25) is 0 Å². The lowest BCUT2D eigenvalue weighted by Crippen LogP contribution is -2.45. The number of hydrogen-bond acceptors (Lipinski definition) is 6. The molecule has 8 heteroatoms. The summed E-state index contributed by atoms with van der Waals surface area (Å²) in [4.78, 5) is 23.2. The van der Waals surface area contributed by atoms with E-state index in [4.69, 9.17) is 29.3 Å². The Balaban J connectivity index is 0.000000501. The van der Waals surface area contributed by atoms with Crippen LogP contribution in [0.2, 0.25) is 0 Å². The van der Waals surface area contributed by atoms with Crippen LogP contribution in [0.25, 0.3) is 0 Å². The second-order valence-corrected chi connectivity index (χ2v) is 7.30. The molecule has 0 spiro atoms. The van der Waals surface area contributed by atoms with Crippen molar-refractivity contribution in [2.24, 2.45) is 0 Å². The van der Waals surface area contributed by atoms with Crippen molar-refractivity contribution < 1.29 is 29.3 Å². The Labute approximate surface area is 182 Å². The molecule has 31 heavy (non-hydrogen) atoms. The fourth-order valence-corrected chi connectivity index (χ4v) is 3.49. The van der Waals surface area contributed by atoms with Crippen LogP contribution in [0, 0.1) is 6.92 Å². The van der Waals surface area contributed by atoms with Gasteiger partial charge in [-0.05, 0) is 18.6 Å². The summed E-state index contributed by atoms with van der Waals surface area (Å²) in [7, 11) is 3.40. The Morgan fingerprint density at radius 3 is 1.97 bits per heavy atom. The van der Waals surface area contributed by atoms with Crippen molar-refractivity contribution in [3.05, 3.63) is 59.2 Å². The van der Waals surface area contributed by atoms with Crippen LogP contribution in [0.15, 0.2) is 42.5 Å². The maximum Gasteiger partial charge on any atom is 0.414 e. The summed E-state index contributed by atoms with van der Waals surface area (Å²) >= 11 is 0. The fourth-order valence-electron chi connectivity index (χ4n) is 3.49. The number of carbonyl (C=O) groups is 2. The molecule has 1 aliphatic rings. The molecular weight excluding hydrogens is 400 g/mol. The van der Waals surface area contributed by atoms with E-state index in [1.54, 1.807) is 14.2 Å². The normalized spacial score (nSPS) is 14.3. The van der Waals surface area contributed by atoms with Crippen LogP contribution in [0.1, 0.15) is 16.7 Å². The van der Waals surface area contributed by atoms with Gasteiger partial charge in [0.05, 0.1) is 14.2 Å². The van der Waals surface area contributed by atoms with Crippen LogP contribution >= 0.6 is 0 Å². The first kappa shape index (κ1) is 24.2. The lowest BCUT2D eigenvalue weighted by Gasteiger charge is -2.35. The lowest BCUT2D eigenvalue weighted by atomic mass is 10.1.